The molecule has 5 fully saturated rings. The average molecular weight is 739 g/mol. The van der Waals surface area contributed by atoms with Crippen molar-refractivity contribution in [2.24, 2.45) is 62.1 Å². The fourth-order valence-corrected chi connectivity index (χ4v) is 14.1. The van der Waals surface area contributed by atoms with E-state index < -0.39 is 42.8 Å². The molecule has 10 nitrogen and oxygen atoms in total. The van der Waals surface area contributed by atoms with E-state index in [4.69, 9.17) is 4.74 Å². The number of amides is 2. The number of carbonyl (C=O) groups excluding carboxylic acids is 3. The predicted octanol–water partition coefficient (Wildman–Crippen LogP) is 6.12. The maximum atomic E-state index is 13.9. The average Bonchev–Trinajstić information content (AvgIpc) is 3.34. The molecule has 2 amide bonds. The fraction of sp³-hybridized carbons (Fsp3) is 0.868. The number of nitrogens with one attached hydrogen (secondary N) is 2. The molecule has 2 N–H and O–H groups in total. The normalized spacial score (nSPS) is 41.0. The van der Waals surface area contributed by atoms with E-state index in [1.54, 1.807) is 13.8 Å². The Balaban J connectivity index is 1.39. The molecule has 0 spiro atoms. The second-order valence-electron chi connectivity index (χ2n) is 19.1. The van der Waals surface area contributed by atoms with E-state index in [9.17, 15) is 31.2 Å². The van der Waals surface area contributed by atoms with Gasteiger partial charge < -0.3 is 4.74 Å². The number of hydrogen-bond acceptors (Lipinski definition) is 8. The summed E-state index contributed by atoms with van der Waals surface area (Å²) in [5.74, 6) is -0.295. The van der Waals surface area contributed by atoms with Gasteiger partial charge in [-0.25, -0.2) is 16.8 Å². The van der Waals surface area contributed by atoms with Gasteiger partial charge in [0, 0.05) is 5.41 Å². The van der Waals surface area contributed by atoms with Crippen LogP contribution in [0.4, 0.5) is 0 Å². The highest BCUT2D eigenvalue weighted by atomic mass is 32.2. The second kappa shape index (κ2) is 12.3. The number of rotatable bonds is 8. The Hall–Kier alpha value is -1.95. The van der Waals surface area contributed by atoms with Crippen LogP contribution >= 0.6 is 0 Å². The van der Waals surface area contributed by atoms with Gasteiger partial charge in [0.1, 0.15) is 6.10 Å². The minimum Gasteiger partial charge on any atom is -0.462 e. The van der Waals surface area contributed by atoms with Crippen LogP contribution in [0, 0.1) is 62.1 Å². The Labute approximate surface area is 301 Å². The Bertz CT molecular complexity index is 1670. The van der Waals surface area contributed by atoms with Crippen LogP contribution in [0.25, 0.3) is 0 Å². The molecule has 0 heterocycles. The molecule has 5 rings (SSSR count). The van der Waals surface area contributed by atoms with Crippen molar-refractivity contribution in [1.29, 1.82) is 0 Å². The molecule has 0 aromatic rings. The third-order valence-electron chi connectivity index (χ3n) is 15.5. The third-order valence-corrected chi connectivity index (χ3v) is 16.6. The number of fused-ring (bicyclic) bond motifs is 7. The zero-order chi connectivity index (χ0) is 37.7. The molecule has 5 aliphatic rings. The highest BCUT2D eigenvalue weighted by Gasteiger charge is 2.72. The summed E-state index contributed by atoms with van der Waals surface area (Å²) in [5, 5.41) is 0. The van der Waals surface area contributed by atoms with E-state index in [1.807, 2.05) is 4.72 Å². The van der Waals surface area contributed by atoms with Crippen LogP contribution in [0.5, 0.6) is 0 Å². The summed E-state index contributed by atoms with van der Waals surface area (Å²) in [5.41, 5.74) is -1.20. The van der Waals surface area contributed by atoms with Crippen molar-refractivity contribution in [3.8, 4) is 0 Å². The Morgan fingerprint density at radius 3 is 1.98 bits per heavy atom. The second-order valence-corrected chi connectivity index (χ2v) is 22.6. The first kappa shape index (κ1) is 39.3. The van der Waals surface area contributed by atoms with Gasteiger partial charge in [0.2, 0.25) is 31.9 Å². The minimum atomic E-state index is -3.75. The summed E-state index contributed by atoms with van der Waals surface area (Å²) < 4.78 is 58.5. The van der Waals surface area contributed by atoms with Crippen molar-refractivity contribution in [1.82, 2.24) is 9.44 Å². The largest absolute Gasteiger partial charge is 0.462 e. The lowest BCUT2D eigenvalue weighted by Crippen LogP contribution is -2.67. The number of sulfonamides is 2. The van der Waals surface area contributed by atoms with Crippen LogP contribution in [0.1, 0.15) is 126 Å². The van der Waals surface area contributed by atoms with Crippen LogP contribution in [0.2, 0.25) is 0 Å². The summed E-state index contributed by atoms with van der Waals surface area (Å²) in [6.45, 7) is 21.4. The van der Waals surface area contributed by atoms with Crippen molar-refractivity contribution in [2.75, 3.05) is 12.5 Å². The first-order chi connectivity index (χ1) is 22.6. The third kappa shape index (κ3) is 6.27. The molecule has 284 valence electrons. The standard InChI is InChI=1S/C38H62N2O8S2/c1-23(2)24-14-19-38(32(43)40-50(11,46)47)21-20-36(8)25(30(24)38)12-13-27-35(7)17-16-28(34(5,6)26(35)15-18-37(27,36)9)48-29(41)22-33(3,4)31(42)39-49(10,44)45/h24-28,30H,1,12-22H2,2-11H3,(H,39,42)(H,40,43)/t24-,25+,26-,27+,28-,30+,35-,36+,37+,38-/m0/s1. The van der Waals surface area contributed by atoms with Crippen molar-refractivity contribution < 1.29 is 36.0 Å². The van der Waals surface area contributed by atoms with Gasteiger partial charge in [0.15, 0.2) is 0 Å². The molecular formula is C38H62N2O8S2. The summed E-state index contributed by atoms with van der Waals surface area (Å²) in [4.78, 5) is 39.8. The van der Waals surface area contributed by atoms with Gasteiger partial charge in [-0.1, -0.05) is 60.6 Å². The van der Waals surface area contributed by atoms with Crippen LogP contribution in [0.15, 0.2) is 12.2 Å². The molecule has 10 atom stereocenters. The number of esters is 1. The Morgan fingerprint density at radius 2 is 1.40 bits per heavy atom. The minimum absolute atomic E-state index is 0.00760. The highest BCUT2D eigenvalue weighted by Crippen LogP contribution is 2.77. The Morgan fingerprint density at radius 1 is 0.780 bits per heavy atom. The van der Waals surface area contributed by atoms with Gasteiger partial charge in [0.05, 0.1) is 29.8 Å². The molecule has 12 heteroatoms. The van der Waals surface area contributed by atoms with Crippen molar-refractivity contribution in [3.63, 3.8) is 0 Å². The first-order valence-electron chi connectivity index (χ1n) is 18.5. The molecule has 0 radical (unpaired) electrons. The van der Waals surface area contributed by atoms with Crippen LogP contribution < -0.4 is 9.44 Å². The van der Waals surface area contributed by atoms with E-state index in [0.717, 1.165) is 63.0 Å². The number of carbonyl (C=O) groups is 3. The SMILES string of the molecule is C=C(C)[C@@H]1CC[C@]2(C(=O)NS(C)(=O)=O)CC[C@]3(C)[C@H](CC[C@@H]4[C@@]5(C)CC[C@H](OC(=O)CC(C)(C)C(=O)NS(C)(=O)=O)C(C)(C)[C@@H]5CC[C@]43C)[C@@H]12. The predicted molar refractivity (Wildman–Crippen MR) is 193 cm³/mol. The summed E-state index contributed by atoms with van der Waals surface area (Å²) in [6, 6.07) is 0. The molecule has 0 saturated heterocycles. The molecular weight excluding hydrogens is 677 g/mol. The monoisotopic (exact) mass is 738 g/mol. The lowest BCUT2D eigenvalue weighted by Gasteiger charge is -2.72. The topological polar surface area (TPSA) is 153 Å². The van der Waals surface area contributed by atoms with Crippen molar-refractivity contribution in [2.45, 2.75) is 132 Å². The molecule has 0 unspecified atom stereocenters. The van der Waals surface area contributed by atoms with Gasteiger partial charge in [-0.15, -0.1) is 0 Å². The van der Waals surface area contributed by atoms with E-state index in [1.165, 1.54) is 0 Å². The van der Waals surface area contributed by atoms with Crippen LogP contribution in [-0.4, -0.2) is 53.2 Å². The molecule has 0 aromatic heterocycles. The zero-order valence-corrected chi connectivity index (χ0v) is 33.7. The van der Waals surface area contributed by atoms with Crippen LogP contribution in [0.3, 0.4) is 0 Å². The maximum Gasteiger partial charge on any atom is 0.307 e. The first-order valence-corrected chi connectivity index (χ1v) is 22.3. The number of ether oxygens (including phenoxy) is 1. The molecule has 50 heavy (non-hydrogen) atoms. The van der Waals surface area contributed by atoms with Crippen molar-refractivity contribution in [3.05, 3.63) is 12.2 Å². The molecule has 0 aliphatic heterocycles. The van der Waals surface area contributed by atoms with E-state index in [0.29, 0.717) is 31.1 Å². The molecule has 0 bridgehead atoms. The van der Waals surface area contributed by atoms with Gasteiger partial charge >= 0.3 is 5.97 Å². The van der Waals surface area contributed by atoms with E-state index >= 15 is 0 Å². The lowest BCUT2D eigenvalue weighted by atomic mass is 9.32. The molecule has 0 aromatic carbocycles. The van der Waals surface area contributed by atoms with Crippen molar-refractivity contribution >= 4 is 37.8 Å². The fourth-order valence-electron chi connectivity index (χ4n) is 12.9. The highest BCUT2D eigenvalue weighted by molar-refractivity contribution is 7.89. The van der Waals surface area contributed by atoms with Gasteiger partial charge in [-0.2, -0.15) is 0 Å². The quantitative estimate of drug-likeness (QED) is 0.223. The molecule has 5 aliphatic carbocycles. The Kier molecular flexibility index (Phi) is 9.66. The lowest BCUT2D eigenvalue weighted by molar-refractivity contribution is -0.249. The maximum absolute atomic E-state index is 13.9. The smallest absolute Gasteiger partial charge is 0.307 e. The number of hydrogen-bond donors (Lipinski definition) is 2. The summed E-state index contributed by atoms with van der Waals surface area (Å²) >= 11 is 0. The zero-order valence-electron chi connectivity index (χ0n) is 32.0. The van der Waals surface area contributed by atoms with Gasteiger partial charge in [-0.05, 0) is 117 Å². The van der Waals surface area contributed by atoms with E-state index in [2.05, 4.69) is 52.8 Å². The van der Waals surface area contributed by atoms with Gasteiger partial charge in [0.25, 0.3) is 0 Å². The van der Waals surface area contributed by atoms with Crippen LogP contribution in [-0.2, 0) is 39.2 Å². The summed E-state index contributed by atoms with van der Waals surface area (Å²) in [6.07, 6.45) is 10.2. The number of allylic oxidation sites excluding steroid dienone is 1. The summed E-state index contributed by atoms with van der Waals surface area (Å²) in [7, 11) is -7.44. The van der Waals surface area contributed by atoms with Gasteiger partial charge in [-0.3, -0.25) is 23.8 Å². The van der Waals surface area contributed by atoms with E-state index in [-0.39, 0.29) is 57.8 Å². The molecule has 5 saturated carbocycles.